The summed E-state index contributed by atoms with van der Waals surface area (Å²) in [5, 5.41) is 4.67. The van der Waals surface area contributed by atoms with Crippen molar-refractivity contribution in [3.63, 3.8) is 0 Å². The van der Waals surface area contributed by atoms with E-state index < -0.39 is 0 Å². The fourth-order valence-electron chi connectivity index (χ4n) is 2.51. The molecule has 20 heavy (non-hydrogen) atoms. The Morgan fingerprint density at radius 2 is 1.75 bits per heavy atom. The van der Waals surface area contributed by atoms with E-state index in [0.717, 1.165) is 25.0 Å². The number of rotatable bonds is 6. The van der Waals surface area contributed by atoms with Gasteiger partial charge in [0.1, 0.15) is 0 Å². The molecule has 0 radical (unpaired) electrons. The van der Waals surface area contributed by atoms with Crippen molar-refractivity contribution in [2.45, 2.75) is 52.1 Å². The average molecular weight is 271 g/mol. The summed E-state index contributed by atoms with van der Waals surface area (Å²) in [7, 11) is 0. The molecule has 1 unspecified atom stereocenters. The molecule has 0 bridgehead atoms. The number of nitrogens with zero attached hydrogens (tertiary/aromatic N) is 2. The Hall–Kier alpha value is -1.61. The molecule has 1 atom stereocenters. The minimum atomic E-state index is 0.0145. The molecule has 1 heterocycles. The lowest BCUT2D eigenvalue weighted by Gasteiger charge is -2.13. The zero-order chi connectivity index (χ0) is 14.5. The maximum atomic E-state index is 6.28. The molecule has 3 heteroatoms. The van der Waals surface area contributed by atoms with Crippen LogP contribution in [0, 0.1) is 6.92 Å². The van der Waals surface area contributed by atoms with Crippen molar-refractivity contribution in [3.05, 3.63) is 53.3 Å². The molecule has 0 spiro atoms. The maximum Gasteiger partial charge on any atom is 0.0643 e. The summed E-state index contributed by atoms with van der Waals surface area (Å²) in [6.45, 7) is 6.49. The van der Waals surface area contributed by atoms with Crippen LogP contribution in [0.1, 0.15) is 55.6 Å². The Kier molecular flexibility index (Phi) is 4.96. The van der Waals surface area contributed by atoms with E-state index in [2.05, 4.69) is 67.1 Å². The Morgan fingerprint density at radius 1 is 1.10 bits per heavy atom. The Balaban J connectivity index is 2.04. The second-order valence-corrected chi connectivity index (χ2v) is 5.48. The van der Waals surface area contributed by atoms with Crippen LogP contribution in [-0.4, -0.2) is 9.78 Å². The molecule has 2 N–H and O–H groups in total. The summed E-state index contributed by atoms with van der Waals surface area (Å²) in [5.74, 6) is 0. The minimum absolute atomic E-state index is 0.0145. The first kappa shape index (κ1) is 14.8. The van der Waals surface area contributed by atoms with Gasteiger partial charge in [-0.2, -0.15) is 5.10 Å². The SMILES string of the molecule is CCC(CC)n1ccc(CC(N)c2ccc(C)cc2)n1. The fourth-order valence-corrected chi connectivity index (χ4v) is 2.51. The van der Waals surface area contributed by atoms with Gasteiger partial charge in [-0.1, -0.05) is 43.7 Å². The van der Waals surface area contributed by atoms with Gasteiger partial charge in [0.15, 0.2) is 0 Å². The van der Waals surface area contributed by atoms with Crippen LogP contribution in [0.3, 0.4) is 0 Å². The topological polar surface area (TPSA) is 43.8 Å². The first-order valence-electron chi connectivity index (χ1n) is 7.50. The molecule has 0 saturated carbocycles. The maximum absolute atomic E-state index is 6.28. The summed E-state index contributed by atoms with van der Waals surface area (Å²) in [5.41, 5.74) is 9.79. The van der Waals surface area contributed by atoms with E-state index in [4.69, 9.17) is 5.73 Å². The Bertz CT molecular complexity index is 523. The molecule has 0 aliphatic carbocycles. The van der Waals surface area contributed by atoms with Crippen LogP contribution in [0.5, 0.6) is 0 Å². The van der Waals surface area contributed by atoms with Gasteiger partial charge in [-0.05, 0) is 31.4 Å². The van der Waals surface area contributed by atoms with Crippen LogP contribution >= 0.6 is 0 Å². The highest BCUT2D eigenvalue weighted by Crippen LogP contribution is 2.18. The molecule has 3 nitrogen and oxygen atoms in total. The lowest BCUT2D eigenvalue weighted by Crippen LogP contribution is -2.14. The van der Waals surface area contributed by atoms with Gasteiger partial charge in [0.2, 0.25) is 0 Å². The molecule has 2 rings (SSSR count). The zero-order valence-electron chi connectivity index (χ0n) is 12.7. The van der Waals surface area contributed by atoms with Gasteiger partial charge < -0.3 is 5.73 Å². The molecular formula is C17H25N3. The standard InChI is InChI=1S/C17H25N3/c1-4-16(5-2)20-11-10-15(19-20)12-17(18)14-8-6-13(3)7-9-14/h6-11,16-17H,4-5,12,18H2,1-3H3. The highest BCUT2D eigenvalue weighted by atomic mass is 15.3. The third kappa shape index (κ3) is 3.48. The normalized spacial score (nSPS) is 12.8. The first-order chi connectivity index (χ1) is 9.63. The van der Waals surface area contributed by atoms with E-state index in [-0.39, 0.29) is 6.04 Å². The summed E-state index contributed by atoms with van der Waals surface area (Å²) >= 11 is 0. The fraction of sp³-hybridized carbons (Fsp3) is 0.471. The highest BCUT2D eigenvalue weighted by molar-refractivity contribution is 5.24. The lowest BCUT2D eigenvalue weighted by molar-refractivity contribution is 0.424. The van der Waals surface area contributed by atoms with Crippen molar-refractivity contribution in [1.29, 1.82) is 0 Å². The number of hydrogen-bond acceptors (Lipinski definition) is 2. The zero-order valence-corrected chi connectivity index (χ0v) is 12.7. The van der Waals surface area contributed by atoms with E-state index >= 15 is 0 Å². The summed E-state index contributed by atoms with van der Waals surface area (Å²) in [6.07, 6.45) is 5.09. The molecule has 0 aliphatic rings. The second-order valence-electron chi connectivity index (χ2n) is 5.48. The minimum Gasteiger partial charge on any atom is -0.324 e. The molecule has 0 saturated heterocycles. The Morgan fingerprint density at radius 3 is 2.35 bits per heavy atom. The predicted octanol–water partition coefficient (Wildman–Crippen LogP) is 3.80. The van der Waals surface area contributed by atoms with Crippen molar-refractivity contribution in [1.82, 2.24) is 9.78 Å². The van der Waals surface area contributed by atoms with Crippen molar-refractivity contribution < 1.29 is 0 Å². The predicted molar refractivity (Wildman–Crippen MR) is 83.7 cm³/mol. The van der Waals surface area contributed by atoms with Gasteiger partial charge in [-0.3, -0.25) is 4.68 Å². The van der Waals surface area contributed by atoms with Crippen molar-refractivity contribution in [2.24, 2.45) is 5.73 Å². The van der Waals surface area contributed by atoms with E-state index in [1.807, 2.05) is 0 Å². The van der Waals surface area contributed by atoms with Gasteiger partial charge >= 0.3 is 0 Å². The number of aryl methyl sites for hydroxylation is 1. The van der Waals surface area contributed by atoms with Gasteiger partial charge in [0.05, 0.1) is 11.7 Å². The summed E-state index contributed by atoms with van der Waals surface area (Å²) in [4.78, 5) is 0. The number of nitrogens with two attached hydrogens (primary N) is 1. The number of aromatic nitrogens is 2. The van der Waals surface area contributed by atoms with Crippen LogP contribution in [0.2, 0.25) is 0 Å². The second kappa shape index (κ2) is 6.71. The third-order valence-corrected chi connectivity index (χ3v) is 3.91. The van der Waals surface area contributed by atoms with Crippen LogP contribution in [0.4, 0.5) is 0 Å². The third-order valence-electron chi connectivity index (χ3n) is 3.91. The lowest BCUT2D eigenvalue weighted by atomic mass is 10.0. The smallest absolute Gasteiger partial charge is 0.0643 e. The van der Waals surface area contributed by atoms with Crippen molar-refractivity contribution >= 4 is 0 Å². The van der Waals surface area contributed by atoms with Crippen LogP contribution < -0.4 is 5.73 Å². The molecular weight excluding hydrogens is 246 g/mol. The van der Waals surface area contributed by atoms with Crippen LogP contribution in [0.15, 0.2) is 36.5 Å². The van der Waals surface area contributed by atoms with Crippen molar-refractivity contribution in [2.75, 3.05) is 0 Å². The van der Waals surface area contributed by atoms with E-state index in [1.54, 1.807) is 0 Å². The van der Waals surface area contributed by atoms with Crippen LogP contribution in [-0.2, 0) is 6.42 Å². The van der Waals surface area contributed by atoms with Crippen LogP contribution in [0.25, 0.3) is 0 Å². The quantitative estimate of drug-likeness (QED) is 0.868. The van der Waals surface area contributed by atoms with E-state index in [0.29, 0.717) is 6.04 Å². The summed E-state index contributed by atoms with van der Waals surface area (Å²) in [6, 6.07) is 11.0. The Labute approximate surface area is 121 Å². The molecule has 2 aromatic rings. The number of hydrogen-bond donors (Lipinski definition) is 1. The van der Waals surface area contributed by atoms with E-state index in [1.165, 1.54) is 11.1 Å². The molecule has 108 valence electrons. The molecule has 1 aromatic heterocycles. The molecule has 0 amide bonds. The van der Waals surface area contributed by atoms with Gasteiger partial charge in [0.25, 0.3) is 0 Å². The average Bonchev–Trinajstić information content (AvgIpc) is 2.89. The van der Waals surface area contributed by atoms with Gasteiger partial charge in [-0.15, -0.1) is 0 Å². The van der Waals surface area contributed by atoms with Crippen molar-refractivity contribution in [3.8, 4) is 0 Å². The monoisotopic (exact) mass is 271 g/mol. The molecule has 0 fully saturated rings. The number of benzene rings is 1. The molecule has 0 aliphatic heterocycles. The first-order valence-corrected chi connectivity index (χ1v) is 7.50. The van der Waals surface area contributed by atoms with E-state index in [9.17, 15) is 0 Å². The highest BCUT2D eigenvalue weighted by Gasteiger charge is 2.11. The van der Waals surface area contributed by atoms with Gasteiger partial charge in [-0.25, -0.2) is 0 Å². The molecule has 1 aromatic carbocycles. The van der Waals surface area contributed by atoms with Gasteiger partial charge in [0, 0.05) is 18.7 Å². The largest absolute Gasteiger partial charge is 0.324 e. The summed E-state index contributed by atoms with van der Waals surface area (Å²) < 4.78 is 2.08.